The first-order valence-electron chi connectivity index (χ1n) is 7.03. The highest BCUT2D eigenvalue weighted by atomic mass is 16.4. The summed E-state index contributed by atoms with van der Waals surface area (Å²) >= 11 is 0. The summed E-state index contributed by atoms with van der Waals surface area (Å²) in [4.78, 5) is 23.1. The van der Waals surface area contributed by atoms with Crippen LogP contribution in [0.15, 0.2) is 24.3 Å². The first-order valence-corrected chi connectivity index (χ1v) is 7.03. The van der Waals surface area contributed by atoms with Gasteiger partial charge in [-0.15, -0.1) is 0 Å². The van der Waals surface area contributed by atoms with Gasteiger partial charge in [-0.1, -0.05) is 45.0 Å². The minimum atomic E-state index is -0.976. The maximum Gasteiger partial charge on any atom is 0.326 e. The topological polar surface area (TPSA) is 66.4 Å². The lowest BCUT2D eigenvalue weighted by molar-refractivity contribution is -0.142. The van der Waals surface area contributed by atoms with E-state index in [0.717, 1.165) is 17.5 Å². The van der Waals surface area contributed by atoms with Crippen molar-refractivity contribution in [3.63, 3.8) is 0 Å². The van der Waals surface area contributed by atoms with Crippen molar-refractivity contribution in [2.24, 2.45) is 5.92 Å². The van der Waals surface area contributed by atoms with Gasteiger partial charge in [0.25, 0.3) is 0 Å². The van der Waals surface area contributed by atoms with E-state index >= 15 is 0 Å². The van der Waals surface area contributed by atoms with Crippen molar-refractivity contribution in [1.82, 2.24) is 5.32 Å². The molecule has 1 atom stereocenters. The lowest BCUT2D eigenvalue weighted by Crippen LogP contribution is -2.42. The number of amides is 1. The highest BCUT2D eigenvalue weighted by Crippen LogP contribution is 2.11. The Hall–Kier alpha value is -1.84. The second-order valence-corrected chi connectivity index (χ2v) is 5.39. The minimum absolute atomic E-state index is 0.222. The van der Waals surface area contributed by atoms with Crippen LogP contribution in [0, 0.1) is 5.92 Å². The summed E-state index contributed by atoms with van der Waals surface area (Å²) in [6.07, 6.45) is 1.53. The average Bonchev–Trinajstić information content (AvgIpc) is 2.37. The second-order valence-electron chi connectivity index (χ2n) is 5.39. The maximum absolute atomic E-state index is 12.0. The molecule has 20 heavy (non-hydrogen) atoms. The molecule has 2 N–H and O–H groups in total. The largest absolute Gasteiger partial charge is 0.480 e. The Labute approximate surface area is 120 Å². The van der Waals surface area contributed by atoms with Gasteiger partial charge in [0.05, 0.1) is 6.42 Å². The van der Waals surface area contributed by atoms with Gasteiger partial charge in [0.2, 0.25) is 5.91 Å². The molecule has 0 radical (unpaired) electrons. The van der Waals surface area contributed by atoms with Crippen molar-refractivity contribution < 1.29 is 14.7 Å². The fraction of sp³-hybridized carbons (Fsp3) is 0.500. The van der Waals surface area contributed by atoms with Crippen LogP contribution in [-0.2, 0) is 22.4 Å². The third-order valence-corrected chi connectivity index (χ3v) is 3.19. The molecule has 0 spiro atoms. The van der Waals surface area contributed by atoms with Gasteiger partial charge in [-0.05, 0) is 29.9 Å². The van der Waals surface area contributed by atoms with Crippen molar-refractivity contribution in [1.29, 1.82) is 0 Å². The quantitative estimate of drug-likeness (QED) is 0.804. The van der Waals surface area contributed by atoms with Crippen LogP contribution in [0.25, 0.3) is 0 Å². The van der Waals surface area contributed by atoms with Crippen molar-refractivity contribution in [3.05, 3.63) is 35.4 Å². The molecular formula is C16H23NO3. The molecule has 0 bridgehead atoms. The van der Waals surface area contributed by atoms with Crippen LogP contribution in [0.5, 0.6) is 0 Å². The molecule has 0 saturated carbocycles. The van der Waals surface area contributed by atoms with E-state index in [1.165, 1.54) is 0 Å². The second kappa shape index (κ2) is 7.68. The van der Waals surface area contributed by atoms with E-state index in [0.29, 0.717) is 6.42 Å². The van der Waals surface area contributed by atoms with Crippen molar-refractivity contribution in [2.75, 3.05) is 0 Å². The molecule has 0 aliphatic rings. The van der Waals surface area contributed by atoms with Crippen molar-refractivity contribution in [2.45, 2.75) is 46.1 Å². The molecule has 0 heterocycles. The van der Waals surface area contributed by atoms with Gasteiger partial charge >= 0.3 is 5.97 Å². The number of benzene rings is 1. The number of carbonyl (C=O) groups excluding carboxylic acids is 1. The van der Waals surface area contributed by atoms with E-state index in [-0.39, 0.29) is 18.2 Å². The van der Waals surface area contributed by atoms with Gasteiger partial charge < -0.3 is 10.4 Å². The number of hydrogen-bond donors (Lipinski definition) is 2. The van der Waals surface area contributed by atoms with Crippen molar-refractivity contribution >= 4 is 11.9 Å². The summed E-state index contributed by atoms with van der Waals surface area (Å²) in [6.45, 7) is 5.92. The zero-order chi connectivity index (χ0) is 15.1. The normalized spacial score (nSPS) is 12.2. The summed E-state index contributed by atoms with van der Waals surface area (Å²) in [5.41, 5.74) is 2.08. The van der Waals surface area contributed by atoms with E-state index in [2.05, 4.69) is 5.32 Å². The van der Waals surface area contributed by atoms with Gasteiger partial charge in [0.15, 0.2) is 0 Å². The Balaban J connectivity index is 2.68. The van der Waals surface area contributed by atoms with Crippen LogP contribution in [0.3, 0.4) is 0 Å². The third-order valence-electron chi connectivity index (χ3n) is 3.19. The maximum atomic E-state index is 12.0. The SMILES string of the molecule is CCc1ccccc1CC(=O)N[C@H](CC(C)C)C(=O)O. The number of aryl methyl sites for hydroxylation is 1. The average molecular weight is 277 g/mol. The standard InChI is InChI=1S/C16H23NO3/c1-4-12-7-5-6-8-13(12)10-15(18)17-14(16(19)20)9-11(2)3/h5-8,11,14H,4,9-10H2,1-3H3,(H,17,18)(H,19,20)/t14-/m1/s1. The number of carboxylic acids is 1. The summed E-state index contributed by atoms with van der Waals surface area (Å²) in [5.74, 6) is -0.992. The Morgan fingerprint density at radius 1 is 1.20 bits per heavy atom. The molecule has 0 fully saturated rings. The van der Waals surface area contributed by atoms with Crippen LogP contribution in [0.2, 0.25) is 0 Å². The molecule has 1 rings (SSSR count). The first kappa shape index (κ1) is 16.2. The molecule has 1 amide bonds. The number of rotatable bonds is 7. The number of carboxylic acid groups (broad SMARTS) is 1. The summed E-state index contributed by atoms with van der Waals surface area (Å²) in [6, 6.07) is 6.93. The van der Waals surface area contributed by atoms with E-state index < -0.39 is 12.0 Å². The van der Waals surface area contributed by atoms with E-state index in [1.54, 1.807) is 0 Å². The number of aliphatic carboxylic acids is 1. The monoisotopic (exact) mass is 277 g/mol. The molecule has 4 heteroatoms. The summed E-state index contributed by atoms with van der Waals surface area (Å²) < 4.78 is 0. The Morgan fingerprint density at radius 3 is 2.30 bits per heavy atom. The van der Waals surface area contributed by atoms with Crippen molar-refractivity contribution in [3.8, 4) is 0 Å². The molecule has 0 unspecified atom stereocenters. The van der Waals surface area contributed by atoms with Crippen LogP contribution in [-0.4, -0.2) is 23.0 Å². The van der Waals surface area contributed by atoms with E-state index in [1.807, 2.05) is 45.0 Å². The molecule has 1 aromatic carbocycles. The van der Waals surface area contributed by atoms with Gasteiger partial charge in [-0.3, -0.25) is 4.79 Å². The number of hydrogen-bond acceptors (Lipinski definition) is 2. The fourth-order valence-corrected chi connectivity index (χ4v) is 2.19. The molecule has 0 aliphatic heterocycles. The zero-order valence-electron chi connectivity index (χ0n) is 12.3. The van der Waals surface area contributed by atoms with Gasteiger partial charge in [0, 0.05) is 0 Å². The van der Waals surface area contributed by atoms with Gasteiger partial charge in [-0.25, -0.2) is 4.79 Å². The molecule has 0 aromatic heterocycles. The number of carbonyl (C=O) groups is 2. The predicted octanol–water partition coefficient (Wildman–Crippen LogP) is 2.41. The summed E-state index contributed by atoms with van der Waals surface area (Å²) in [7, 11) is 0. The third kappa shape index (κ3) is 5.03. The van der Waals surface area contributed by atoms with Crippen LogP contribution >= 0.6 is 0 Å². The van der Waals surface area contributed by atoms with Crippen LogP contribution < -0.4 is 5.32 Å². The van der Waals surface area contributed by atoms with E-state index in [4.69, 9.17) is 5.11 Å². The molecule has 110 valence electrons. The first-order chi connectivity index (χ1) is 9.43. The summed E-state index contributed by atoms with van der Waals surface area (Å²) in [5, 5.41) is 11.7. The lowest BCUT2D eigenvalue weighted by atomic mass is 10.0. The lowest BCUT2D eigenvalue weighted by Gasteiger charge is -2.17. The van der Waals surface area contributed by atoms with Crippen LogP contribution in [0.4, 0.5) is 0 Å². The Kier molecular flexibility index (Phi) is 6.22. The smallest absolute Gasteiger partial charge is 0.326 e. The fourth-order valence-electron chi connectivity index (χ4n) is 2.19. The number of nitrogens with one attached hydrogen (secondary N) is 1. The van der Waals surface area contributed by atoms with Crippen LogP contribution in [0.1, 0.15) is 38.3 Å². The molecule has 0 aliphatic carbocycles. The molecular weight excluding hydrogens is 254 g/mol. The van der Waals surface area contributed by atoms with Gasteiger partial charge in [-0.2, -0.15) is 0 Å². The van der Waals surface area contributed by atoms with Gasteiger partial charge in [0.1, 0.15) is 6.04 Å². The Bertz CT molecular complexity index is 469. The predicted molar refractivity (Wildman–Crippen MR) is 78.5 cm³/mol. The zero-order valence-corrected chi connectivity index (χ0v) is 12.3. The van der Waals surface area contributed by atoms with E-state index in [9.17, 15) is 9.59 Å². The molecule has 4 nitrogen and oxygen atoms in total. The Morgan fingerprint density at radius 2 is 1.80 bits per heavy atom. The molecule has 0 saturated heterocycles. The highest BCUT2D eigenvalue weighted by Gasteiger charge is 2.21. The molecule has 1 aromatic rings. The minimum Gasteiger partial charge on any atom is -0.480 e. The highest BCUT2D eigenvalue weighted by molar-refractivity contribution is 5.85.